The highest BCUT2D eigenvalue weighted by Crippen LogP contribution is 2.21. The first-order valence-corrected chi connectivity index (χ1v) is 7.14. The number of ether oxygens (including phenoxy) is 1. The molecule has 0 aliphatic rings. The van der Waals surface area contributed by atoms with Crippen LogP contribution in [-0.4, -0.2) is 19.2 Å². The molecule has 0 radical (unpaired) electrons. The third-order valence-electron chi connectivity index (χ3n) is 2.86. The molecule has 0 heterocycles. The Labute approximate surface area is 116 Å². The first kappa shape index (κ1) is 15.3. The maximum Gasteiger partial charge on any atom is 0.120 e. The van der Waals surface area contributed by atoms with Crippen molar-refractivity contribution in [2.75, 3.05) is 13.1 Å². The van der Waals surface area contributed by atoms with Crippen molar-refractivity contribution in [3.63, 3.8) is 0 Å². The summed E-state index contributed by atoms with van der Waals surface area (Å²) in [4.78, 5) is 0. The molecule has 1 aromatic carbocycles. The van der Waals surface area contributed by atoms with E-state index in [1.807, 2.05) is 25.1 Å². The molecule has 0 spiro atoms. The quantitative estimate of drug-likeness (QED) is 0.715. The molecule has 1 aromatic rings. The van der Waals surface area contributed by atoms with E-state index in [0.717, 1.165) is 29.4 Å². The molecular formula is C15H24ClNO. The third kappa shape index (κ3) is 5.74. The summed E-state index contributed by atoms with van der Waals surface area (Å²) in [6.45, 7) is 8.24. The van der Waals surface area contributed by atoms with E-state index < -0.39 is 0 Å². The van der Waals surface area contributed by atoms with Crippen LogP contribution in [0.5, 0.6) is 5.75 Å². The van der Waals surface area contributed by atoms with E-state index in [1.54, 1.807) is 0 Å². The van der Waals surface area contributed by atoms with Gasteiger partial charge in [0.05, 0.1) is 0 Å². The number of nitrogens with one attached hydrogen (secondary N) is 1. The van der Waals surface area contributed by atoms with E-state index in [-0.39, 0.29) is 6.10 Å². The van der Waals surface area contributed by atoms with Crippen LogP contribution in [0.3, 0.4) is 0 Å². The summed E-state index contributed by atoms with van der Waals surface area (Å²) in [5, 5.41) is 4.20. The summed E-state index contributed by atoms with van der Waals surface area (Å²) < 4.78 is 5.84. The van der Waals surface area contributed by atoms with Gasteiger partial charge in [-0.05, 0) is 50.6 Å². The molecule has 1 unspecified atom stereocenters. The van der Waals surface area contributed by atoms with Crippen molar-refractivity contribution in [3.05, 3.63) is 28.8 Å². The SMILES string of the molecule is CCCCCNCC(C)Oc1ccc(Cl)c(C)c1. The molecule has 1 N–H and O–H groups in total. The molecule has 1 rings (SSSR count). The number of unbranched alkanes of at least 4 members (excludes halogenated alkanes) is 2. The Bertz CT molecular complexity index is 354. The Hall–Kier alpha value is -0.730. The zero-order valence-electron chi connectivity index (χ0n) is 11.6. The molecule has 0 aliphatic carbocycles. The lowest BCUT2D eigenvalue weighted by molar-refractivity contribution is 0.217. The molecule has 0 saturated carbocycles. The summed E-state index contributed by atoms with van der Waals surface area (Å²) in [6.07, 6.45) is 3.96. The topological polar surface area (TPSA) is 21.3 Å². The first-order chi connectivity index (χ1) is 8.63. The van der Waals surface area contributed by atoms with E-state index in [4.69, 9.17) is 16.3 Å². The predicted molar refractivity (Wildman–Crippen MR) is 78.7 cm³/mol. The van der Waals surface area contributed by atoms with Crippen molar-refractivity contribution in [3.8, 4) is 5.75 Å². The number of hydrogen-bond donors (Lipinski definition) is 1. The van der Waals surface area contributed by atoms with Crippen LogP contribution in [-0.2, 0) is 0 Å². The van der Waals surface area contributed by atoms with Crippen LogP contribution < -0.4 is 10.1 Å². The van der Waals surface area contributed by atoms with Crippen LogP contribution in [0.1, 0.15) is 38.7 Å². The summed E-state index contributed by atoms with van der Waals surface area (Å²) >= 11 is 5.98. The number of hydrogen-bond acceptors (Lipinski definition) is 2. The number of benzene rings is 1. The average Bonchev–Trinajstić information content (AvgIpc) is 2.34. The van der Waals surface area contributed by atoms with E-state index in [9.17, 15) is 0 Å². The molecule has 1 atom stereocenters. The standard InChI is InChI=1S/C15H24ClNO/c1-4-5-6-9-17-11-13(3)18-14-7-8-15(16)12(2)10-14/h7-8,10,13,17H,4-6,9,11H2,1-3H3. The van der Waals surface area contributed by atoms with Crippen molar-refractivity contribution in [1.29, 1.82) is 0 Å². The lowest BCUT2D eigenvalue weighted by Gasteiger charge is -2.16. The van der Waals surface area contributed by atoms with Gasteiger partial charge in [0.15, 0.2) is 0 Å². The Morgan fingerprint density at radius 2 is 2.11 bits per heavy atom. The Morgan fingerprint density at radius 3 is 2.78 bits per heavy atom. The second-order valence-electron chi connectivity index (χ2n) is 4.75. The maximum atomic E-state index is 5.98. The summed E-state index contributed by atoms with van der Waals surface area (Å²) in [6, 6.07) is 5.78. The molecule has 3 heteroatoms. The fourth-order valence-corrected chi connectivity index (χ4v) is 1.89. The van der Waals surface area contributed by atoms with Crippen LogP contribution in [0.25, 0.3) is 0 Å². The maximum absolute atomic E-state index is 5.98. The number of halogens is 1. The Kier molecular flexibility index (Phi) is 7.14. The summed E-state index contributed by atoms with van der Waals surface area (Å²) in [5.41, 5.74) is 1.05. The molecular weight excluding hydrogens is 246 g/mol. The predicted octanol–water partition coefficient (Wildman–Crippen LogP) is 4.20. The second-order valence-corrected chi connectivity index (χ2v) is 5.16. The lowest BCUT2D eigenvalue weighted by Crippen LogP contribution is -2.29. The molecule has 18 heavy (non-hydrogen) atoms. The highest BCUT2D eigenvalue weighted by molar-refractivity contribution is 6.31. The Balaban J connectivity index is 2.26. The molecule has 0 bridgehead atoms. The third-order valence-corrected chi connectivity index (χ3v) is 3.28. The number of aryl methyl sites for hydroxylation is 1. The zero-order valence-corrected chi connectivity index (χ0v) is 12.4. The summed E-state index contributed by atoms with van der Waals surface area (Å²) in [5.74, 6) is 0.889. The molecule has 0 fully saturated rings. The number of rotatable bonds is 8. The van der Waals surface area contributed by atoms with Gasteiger partial charge in [0.1, 0.15) is 11.9 Å². The molecule has 0 amide bonds. The van der Waals surface area contributed by atoms with Crippen molar-refractivity contribution in [2.45, 2.75) is 46.1 Å². The highest BCUT2D eigenvalue weighted by atomic mass is 35.5. The fraction of sp³-hybridized carbons (Fsp3) is 0.600. The Morgan fingerprint density at radius 1 is 1.33 bits per heavy atom. The summed E-state index contributed by atoms with van der Waals surface area (Å²) in [7, 11) is 0. The molecule has 0 aliphatic heterocycles. The van der Waals surface area contributed by atoms with Crippen LogP contribution in [0.15, 0.2) is 18.2 Å². The van der Waals surface area contributed by atoms with Crippen LogP contribution in [0.4, 0.5) is 0 Å². The van der Waals surface area contributed by atoms with Gasteiger partial charge in [0.25, 0.3) is 0 Å². The zero-order chi connectivity index (χ0) is 13.4. The van der Waals surface area contributed by atoms with Crippen molar-refractivity contribution < 1.29 is 4.74 Å². The van der Waals surface area contributed by atoms with Crippen LogP contribution >= 0.6 is 11.6 Å². The van der Waals surface area contributed by atoms with E-state index in [1.165, 1.54) is 19.3 Å². The van der Waals surface area contributed by atoms with Crippen LogP contribution in [0, 0.1) is 6.92 Å². The monoisotopic (exact) mass is 269 g/mol. The van der Waals surface area contributed by atoms with E-state index in [2.05, 4.69) is 19.2 Å². The van der Waals surface area contributed by atoms with Crippen molar-refractivity contribution >= 4 is 11.6 Å². The smallest absolute Gasteiger partial charge is 0.120 e. The van der Waals surface area contributed by atoms with Gasteiger partial charge in [0.2, 0.25) is 0 Å². The largest absolute Gasteiger partial charge is 0.489 e. The second kappa shape index (κ2) is 8.39. The highest BCUT2D eigenvalue weighted by Gasteiger charge is 2.04. The minimum Gasteiger partial charge on any atom is -0.489 e. The van der Waals surface area contributed by atoms with Gasteiger partial charge in [-0.25, -0.2) is 0 Å². The molecule has 102 valence electrons. The van der Waals surface area contributed by atoms with Gasteiger partial charge in [0, 0.05) is 11.6 Å². The normalized spacial score (nSPS) is 12.4. The van der Waals surface area contributed by atoms with Gasteiger partial charge in [-0.3, -0.25) is 0 Å². The lowest BCUT2D eigenvalue weighted by atomic mass is 10.2. The van der Waals surface area contributed by atoms with Gasteiger partial charge >= 0.3 is 0 Å². The van der Waals surface area contributed by atoms with Gasteiger partial charge < -0.3 is 10.1 Å². The van der Waals surface area contributed by atoms with Crippen LogP contribution in [0.2, 0.25) is 5.02 Å². The molecule has 2 nitrogen and oxygen atoms in total. The minimum absolute atomic E-state index is 0.173. The van der Waals surface area contributed by atoms with Crippen molar-refractivity contribution in [2.24, 2.45) is 0 Å². The fourth-order valence-electron chi connectivity index (χ4n) is 1.77. The van der Waals surface area contributed by atoms with E-state index >= 15 is 0 Å². The average molecular weight is 270 g/mol. The minimum atomic E-state index is 0.173. The van der Waals surface area contributed by atoms with Gasteiger partial charge in [-0.2, -0.15) is 0 Å². The molecule has 0 saturated heterocycles. The van der Waals surface area contributed by atoms with Crippen molar-refractivity contribution in [1.82, 2.24) is 5.32 Å². The first-order valence-electron chi connectivity index (χ1n) is 6.77. The van der Waals surface area contributed by atoms with Gasteiger partial charge in [-0.1, -0.05) is 31.4 Å². The molecule has 0 aromatic heterocycles. The van der Waals surface area contributed by atoms with E-state index in [0.29, 0.717) is 0 Å². The van der Waals surface area contributed by atoms with Gasteiger partial charge in [-0.15, -0.1) is 0 Å².